The molecule has 0 aromatic heterocycles. The van der Waals surface area contributed by atoms with Crippen molar-refractivity contribution < 1.29 is 34.7 Å². The first-order chi connectivity index (χ1) is 13.9. The van der Waals surface area contributed by atoms with Crippen molar-refractivity contribution in [2.75, 3.05) is 0 Å². The van der Waals surface area contributed by atoms with E-state index in [4.69, 9.17) is 9.47 Å². The molecule has 154 valence electrons. The maximum atomic E-state index is 12.5. The number of fused-ring (bicyclic) bond motifs is 3. The van der Waals surface area contributed by atoms with Gasteiger partial charge in [0.1, 0.15) is 23.4 Å². The highest BCUT2D eigenvalue weighted by molar-refractivity contribution is 5.88. The van der Waals surface area contributed by atoms with Crippen LogP contribution in [0.1, 0.15) is 61.3 Å². The van der Waals surface area contributed by atoms with Crippen molar-refractivity contribution in [3.8, 4) is 28.7 Å². The van der Waals surface area contributed by atoms with Crippen LogP contribution in [0.4, 0.5) is 0 Å². The Bertz CT molecular complexity index is 953. The zero-order valence-corrected chi connectivity index (χ0v) is 16.1. The van der Waals surface area contributed by atoms with Crippen LogP contribution in [0.15, 0.2) is 24.3 Å². The molecule has 29 heavy (non-hydrogen) atoms. The molecule has 0 unspecified atom stereocenters. The Morgan fingerprint density at radius 3 is 2.59 bits per heavy atom. The van der Waals surface area contributed by atoms with Crippen molar-refractivity contribution in [2.24, 2.45) is 0 Å². The molecule has 4 rings (SSSR count). The van der Waals surface area contributed by atoms with Gasteiger partial charge in [-0.3, -0.25) is 4.79 Å². The van der Waals surface area contributed by atoms with E-state index in [1.54, 1.807) is 6.07 Å². The zero-order chi connectivity index (χ0) is 20.7. The second-order valence-electron chi connectivity index (χ2n) is 7.64. The molecule has 2 aliphatic rings. The second kappa shape index (κ2) is 7.48. The molecule has 2 heterocycles. The Labute approximate surface area is 168 Å². The molecule has 0 aliphatic carbocycles. The summed E-state index contributed by atoms with van der Waals surface area (Å²) < 4.78 is 11.5. The lowest BCUT2D eigenvalue weighted by Crippen LogP contribution is -2.31. The summed E-state index contributed by atoms with van der Waals surface area (Å²) in [5.74, 6) is -0.875. The molecule has 2 aliphatic heterocycles. The number of phenolic OH excluding ortho intramolecular Hbond substituents is 3. The molecule has 0 spiro atoms. The van der Waals surface area contributed by atoms with E-state index in [2.05, 4.69) is 6.92 Å². The Morgan fingerprint density at radius 2 is 1.86 bits per heavy atom. The van der Waals surface area contributed by atoms with Gasteiger partial charge in [0.25, 0.3) is 0 Å². The Kier molecular flexibility index (Phi) is 5.00. The average Bonchev–Trinajstić information content (AvgIpc) is 2.99. The summed E-state index contributed by atoms with van der Waals surface area (Å²) in [7, 11) is 0. The summed E-state index contributed by atoms with van der Waals surface area (Å²) >= 11 is 0. The van der Waals surface area contributed by atoms with Crippen LogP contribution < -0.4 is 9.47 Å². The van der Waals surface area contributed by atoms with Crippen LogP contribution in [0.3, 0.4) is 0 Å². The zero-order valence-electron chi connectivity index (χ0n) is 16.1. The van der Waals surface area contributed by atoms with Crippen LogP contribution >= 0.6 is 0 Å². The van der Waals surface area contributed by atoms with Crippen molar-refractivity contribution >= 4 is 5.97 Å². The summed E-state index contributed by atoms with van der Waals surface area (Å²) in [5.41, 5.74) is 1.52. The van der Waals surface area contributed by atoms with E-state index in [1.165, 1.54) is 18.2 Å². The fourth-order valence-electron chi connectivity index (χ4n) is 4.11. The molecular weight excluding hydrogens is 376 g/mol. The minimum atomic E-state index is -0.980. The van der Waals surface area contributed by atoms with E-state index in [-0.39, 0.29) is 35.4 Å². The number of ether oxygens (including phenoxy) is 2. The van der Waals surface area contributed by atoms with Gasteiger partial charge in [-0.25, -0.2) is 0 Å². The van der Waals surface area contributed by atoms with Crippen molar-refractivity contribution in [3.05, 3.63) is 41.0 Å². The topological polar surface area (TPSA) is 116 Å². The molecule has 0 saturated heterocycles. The Hall–Kier alpha value is -2.93. The monoisotopic (exact) mass is 400 g/mol. The number of benzene rings is 2. The number of aromatic hydroxyl groups is 3. The lowest BCUT2D eigenvalue weighted by atomic mass is 9.87. The maximum Gasteiger partial charge on any atom is 0.319 e. The molecule has 0 bridgehead atoms. The first kappa shape index (κ1) is 19.4. The van der Waals surface area contributed by atoms with E-state index in [1.807, 2.05) is 0 Å². The predicted molar refractivity (Wildman–Crippen MR) is 103 cm³/mol. The van der Waals surface area contributed by atoms with Crippen molar-refractivity contribution in [1.29, 1.82) is 0 Å². The van der Waals surface area contributed by atoms with Gasteiger partial charge in [0.2, 0.25) is 0 Å². The molecule has 0 saturated carbocycles. The van der Waals surface area contributed by atoms with Gasteiger partial charge in [-0.2, -0.15) is 0 Å². The minimum absolute atomic E-state index is 0.0909. The summed E-state index contributed by atoms with van der Waals surface area (Å²) in [5, 5.41) is 40.4. The molecule has 0 amide bonds. The summed E-state index contributed by atoms with van der Waals surface area (Å²) in [6, 6.07) is 5.62. The van der Waals surface area contributed by atoms with Crippen LogP contribution in [0.5, 0.6) is 28.7 Å². The standard InChI is InChI=1S/C22H24O7/c1-2-3-4-5-12-19-18(28-22(12)27)10-15(24)13-9-17(26)20(29-21(13)19)11-6-7-14(23)16(25)8-11/h6-8,10,12,17,20,23-26H,2-5,9H2,1H3/t12-,17-,20-/m1/s1. The highest BCUT2D eigenvalue weighted by Gasteiger charge is 2.42. The molecule has 2 aromatic carbocycles. The molecule has 2 aromatic rings. The van der Waals surface area contributed by atoms with Gasteiger partial charge in [-0.05, 0) is 24.1 Å². The molecule has 7 nitrogen and oxygen atoms in total. The minimum Gasteiger partial charge on any atom is -0.507 e. The van der Waals surface area contributed by atoms with Crippen LogP contribution in [-0.4, -0.2) is 32.5 Å². The van der Waals surface area contributed by atoms with E-state index >= 15 is 0 Å². The van der Waals surface area contributed by atoms with E-state index in [0.717, 1.165) is 19.3 Å². The first-order valence-electron chi connectivity index (χ1n) is 9.87. The van der Waals surface area contributed by atoms with Crippen LogP contribution in [-0.2, 0) is 11.2 Å². The number of phenols is 3. The maximum absolute atomic E-state index is 12.5. The Balaban J connectivity index is 1.74. The van der Waals surface area contributed by atoms with Crippen molar-refractivity contribution in [1.82, 2.24) is 0 Å². The van der Waals surface area contributed by atoms with Crippen molar-refractivity contribution in [2.45, 2.75) is 57.2 Å². The lowest BCUT2D eigenvalue weighted by Gasteiger charge is -2.33. The highest BCUT2D eigenvalue weighted by atomic mass is 16.5. The SMILES string of the molecule is CCCCC[C@H]1C(=O)Oc2cc(O)c3c(c21)O[C@H](c1ccc(O)c(O)c1)[C@H](O)C3. The van der Waals surface area contributed by atoms with E-state index < -0.39 is 18.1 Å². The number of hydrogen-bond donors (Lipinski definition) is 4. The molecule has 4 N–H and O–H groups in total. The molecule has 0 fully saturated rings. The fraction of sp³-hybridized carbons (Fsp3) is 0.409. The smallest absolute Gasteiger partial charge is 0.319 e. The summed E-state index contributed by atoms with van der Waals surface area (Å²) in [6.45, 7) is 2.09. The fourth-order valence-corrected chi connectivity index (χ4v) is 4.11. The molecular formula is C22H24O7. The third-order valence-corrected chi connectivity index (χ3v) is 5.64. The van der Waals surface area contributed by atoms with Crippen molar-refractivity contribution in [3.63, 3.8) is 0 Å². The lowest BCUT2D eigenvalue weighted by molar-refractivity contribution is -0.134. The van der Waals surface area contributed by atoms with Gasteiger partial charge >= 0.3 is 5.97 Å². The number of carbonyl (C=O) groups is 1. The molecule has 3 atom stereocenters. The number of unbranched alkanes of at least 4 members (excludes halogenated alkanes) is 2. The highest BCUT2D eigenvalue weighted by Crippen LogP contribution is 2.52. The van der Waals surface area contributed by atoms with Crippen LogP contribution in [0.2, 0.25) is 0 Å². The van der Waals surface area contributed by atoms with Crippen LogP contribution in [0, 0.1) is 0 Å². The quantitative estimate of drug-likeness (QED) is 0.263. The number of aliphatic hydroxyl groups excluding tert-OH is 1. The summed E-state index contributed by atoms with van der Waals surface area (Å²) in [6.07, 6.45) is 1.82. The number of aliphatic hydroxyl groups is 1. The summed E-state index contributed by atoms with van der Waals surface area (Å²) in [4.78, 5) is 12.5. The van der Waals surface area contributed by atoms with Gasteiger partial charge < -0.3 is 29.9 Å². The number of rotatable bonds is 5. The normalized spacial score (nSPS) is 22.6. The number of carbonyl (C=O) groups excluding carboxylic acids is 1. The van der Waals surface area contributed by atoms with Gasteiger partial charge in [-0.15, -0.1) is 0 Å². The van der Waals surface area contributed by atoms with Gasteiger partial charge in [0, 0.05) is 18.1 Å². The second-order valence-corrected chi connectivity index (χ2v) is 7.64. The number of hydrogen-bond acceptors (Lipinski definition) is 7. The Morgan fingerprint density at radius 1 is 1.07 bits per heavy atom. The van der Waals surface area contributed by atoms with Crippen LogP contribution in [0.25, 0.3) is 0 Å². The van der Waals surface area contributed by atoms with Gasteiger partial charge in [0.15, 0.2) is 11.5 Å². The van der Waals surface area contributed by atoms with Gasteiger partial charge in [0.05, 0.1) is 17.6 Å². The van der Waals surface area contributed by atoms with Gasteiger partial charge in [-0.1, -0.05) is 32.3 Å². The predicted octanol–water partition coefficient (Wildman–Crippen LogP) is 3.42. The van der Waals surface area contributed by atoms with E-state index in [0.29, 0.717) is 28.9 Å². The largest absolute Gasteiger partial charge is 0.507 e. The molecule has 0 radical (unpaired) electrons. The number of esters is 1. The molecule has 7 heteroatoms. The first-order valence-corrected chi connectivity index (χ1v) is 9.87. The van der Waals surface area contributed by atoms with E-state index in [9.17, 15) is 25.2 Å². The third-order valence-electron chi connectivity index (χ3n) is 5.64. The third kappa shape index (κ3) is 3.35. The average molecular weight is 400 g/mol.